The van der Waals surface area contributed by atoms with Crippen LogP contribution in [-0.4, -0.2) is 15.2 Å². The van der Waals surface area contributed by atoms with Crippen LogP contribution >= 0.6 is 0 Å². The molecule has 0 bridgehead atoms. The van der Waals surface area contributed by atoms with Crippen molar-refractivity contribution in [1.29, 1.82) is 0 Å². The third-order valence-electron chi connectivity index (χ3n) is 2.88. The molecule has 0 radical (unpaired) electrons. The first-order valence-corrected chi connectivity index (χ1v) is 5.75. The Labute approximate surface area is 109 Å². The molecule has 0 aliphatic heterocycles. The van der Waals surface area contributed by atoms with Crippen molar-refractivity contribution in [3.05, 3.63) is 54.7 Å². The van der Waals surface area contributed by atoms with E-state index in [1.165, 1.54) is 12.1 Å². The van der Waals surface area contributed by atoms with Crippen molar-refractivity contribution in [3.8, 4) is 22.4 Å². The molecule has 94 valence electrons. The number of aromatic nitrogens is 3. The predicted molar refractivity (Wildman–Crippen MR) is 71.6 cm³/mol. The average Bonchev–Trinajstić information content (AvgIpc) is 2.91. The summed E-state index contributed by atoms with van der Waals surface area (Å²) in [6.45, 7) is 0. The van der Waals surface area contributed by atoms with E-state index in [-0.39, 0.29) is 5.82 Å². The largest absolute Gasteiger partial charge is 0.399 e. The lowest BCUT2D eigenvalue weighted by atomic mass is 10.0. The van der Waals surface area contributed by atoms with E-state index in [0.717, 1.165) is 11.1 Å². The topological polar surface area (TPSA) is 67.6 Å². The Morgan fingerprint density at radius 2 is 1.84 bits per heavy atom. The van der Waals surface area contributed by atoms with Gasteiger partial charge in [-0.3, -0.25) is 10.1 Å². The maximum absolute atomic E-state index is 13.9. The van der Waals surface area contributed by atoms with Crippen molar-refractivity contribution < 1.29 is 4.39 Å². The fourth-order valence-electron chi connectivity index (χ4n) is 1.97. The molecule has 3 rings (SSSR count). The highest BCUT2D eigenvalue weighted by Crippen LogP contribution is 2.32. The maximum atomic E-state index is 13.9. The summed E-state index contributed by atoms with van der Waals surface area (Å²) in [5.41, 5.74) is 8.86. The zero-order chi connectivity index (χ0) is 13.2. The number of nitrogens with one attached hydrogen (secondary N) is 1. The Kier molecular flexibility index (Phi) is 2.72. The molecule has 0 aliphatic rings. The Morgan fingerprint density at radius 3 is 2.63 bits per heavy atom. The monoisotopic (exact) mass is 254 g/mol. The molecule has 5 heteroatoms. The standard InChI is InChI=1S/C14H11FN4/c15-13-2-1-10(16)7-11(13)14-12(8-18-19-14)9-3-5-17-6-4-9/h1-8H,16H2,(H,18,19). The van der Waals surface area contributed by atoms with Gasteiger partial charge in [0.25, 0.3) is 0 Å². The first kappa shape index (κ1) is 11.4. The molecule has 2 heterocycles. The van der Waals surface area contributed by atoms with Gasteiger partial charge in [0.15, 0.2) is 0 Å². The van der Waals surface area contributed by atoms with E-state index in [2.05, 4.69) is 15.2 Å². The first-order valence-electron chi connectivity index (χ1n) is 5.75. The van der Waals surface area contributed by atoms with Gasteiger partial charge < -0.3 is 5.73 Å². The van der Waals surface area contributed by atoms with E-state index in [1.807, 2.05) is 12.1 Å². The quantitative estimate of drug-likeness (QED) is 0.691. The summed E-state index contributed by atoms with van der Waals surface area (Å²) in [6.07, 6.45) is 5.09. The molecule has 0 spiro atoms. The van der Waals surface area contributed by atoms with Crippen LogP contribution in [0.5, 0.6) is 0 Å². The molecule has 19 heavy (non-hydrogen) atoms. The lowest BCUT2D eigenvalue weighted by molar-refractivity contribution is 0.631. The lowest BCUT2D eigenvalue weighted by Crippen LogP contribution is -1.91. The number of aromatic amines is 1. The average molecular weight is 254 g/mol. The number of nitrogens with two attached hydrogens (primary N) is 1. The summed E-state index contributed by atoms with van der Waals surface area (Å²) in [4.78, 5) is 3.96. The zero-order valence-corrected chi connectivity index (χ0v) is 9.97. The number of rotatable bonds is 2. The van der Waals surface area contributed by atoms with E-state index in [4.69, 9.17) is 5.73 Å². The third-order valence-corrected chi connectivity index (χ3v) is 2.88. The number of pyridine rings is 1. The first-order chi connectivity index (χ1) is 9.25. The second-order valence-electron chi connectivity index (χ2n) is 4.12. The molecule has 0 unspecified atom stereocenters. The fraction of sp³-hybridized carbons (Fsp3) is 0. The summed E-state index contributed by atoms with van der Waals surface area (Å²) >= 11 is 0. The molecule has 3 aromatic rings. The summed E-state index contributed by atoms with van der Waals surface area (Å²) in [7, 11) is 0. The van der Waals surface area contributed by atoms with Gasteiger partial charge in [0.2, 0.25) is 0 Å². The number of anilines is 1. The van der Waals surface area contributed by atoms with E-state index >= 15 is 0 Å². The fourth-order valence-corrected chi connectivity index (χ4v) is 1.97. The number of nitrogen functional groups attached to an aromatic ring is 1. The van der Waals surface area contributed by atoms with Crippen molar-refractivity contribution in [3.63, 3.8) is 0 Å². The molecule has 2 aromatic heterocycles. The number of hydrogen-bond donors (Lipinski definition) is 2. The van der Waals surface area contributed by atoms with Gasteiger partial charge in [0.1, 0.15) is 11.5 Å². The molecule has 0 amide bonds. The molecular formula is C14H11FN4. The van der Waals surface area contributed by atoms with Gasteiger partial charge in [0.05, 0.1) is 0 Å². The smallest absolute Gasteiger partial charge is 0.132 e. The van der Waals surface area contributed by atoms with Crippen LogP contribution in [0.1, 0.15) is 0 Å². The van der Waals surface area contributed by atoms with Crippen LogP contribution in [0.4, 0.5) is 10.1 Å². The highest BCUT2D eigenvalue weighted by Gasteiger charge is 2.14. The van der Waals surface area contributed by atoms with Crippen LogP contribution in [0.25, 0.3) is 22.4 Å². The van der Waals surface area contributed by atoms with Gasteiger partial charge in [-0.25, -0.2) is 4.39 Å². The van der Waals surface area contributed by atoms with E-state index < -0.39 is 0 Å². The van der Waals surface area contributed by atoms with Gasteiger partial charge in [-0.05, 0) is 35.9 Å². The van der Waals surface area contributed by atoms with Crippen LogP contribution in [0.3, 0.4) is 0 Å². The minimum absolute atomic E-state index is 0.350. The SMILES string of the molecule is Nc1ccc(F)c(-c2n[nH]cc2-c2ccncc2)c1. The maximum Gasteiger partial charge on any atom is 0.132 e. The zero-order valence-electron chi connectivity index (χ0n) is 9.97. The summed E-state index contributed by atoms with van der Waals surface area (Å²) < 4.78 is 13.9. The molecule has 0 saturated carbocycles. The molecule has 0 aliphatic carbocycles. The minimum atomic E-state index is -0.350. The van der Waals surface area contributed by atoms with Crippen LogP contribution in [0.15, 0.2) is 48.9 Å². The van der Waals surface area contributed by atoms with Crippen LogP contribution in [0, 0.1) is 5.82 Å². The lowest BCUT2D eigenvalue weighted by Gasteiger charge is -2.05. The van der Waals surface area contributed by atoms with Crippen molar-refractivity contribution >= 4 is 5.69 Å². The highest BCUT2D eigenvalue weighted by atomic mass is 19.1. The highest BCUT2D eigenvalue weighted by molar-refractivity contribution is 5.81. The predicted octanol–water partition coefficient (Wildman–Crippen LogP) is 2.86. The van der Waals surface area contributed by atoms with Crippen LogP contribution < -0.4 is 5.73 Å². The number of H-pyrrole nitrogens is 1. The number of nitrogens with zero attached hydrogens (tertiary/aromatic N) is 2. The minimum Gasteiger partial charge on any atom is -0.399 e. The third kappa shape index (κ3) is 2.06. The van der Waals surface area contributed by atoms with Crippen LogP contribution in [0.2, 0.25) is 0 Å². The van der Waals surface area contributed by atoms with Gasteiger partial charge in [0, 0.05) is 35.4 Å². The van der Waals surface area contributed by atoms with E-state index in [0.29, 0.717) is 16.9 Å². The molecule has 3 N–H and O–H groups in total. The Morgan fingerprint density at radius 1 is 1.05 bits per heavy atom. The Bertz CT molecular complexity index is 706. The van der Waals surface area contributed by atoms with Gasteiger partial charge in [-0.1, -0.05) is 0 Å². The summed E-state index contributed by atoms with van der Waals surface area (Å²) in [5, 5.41) is 6.89. The van der Waals surface area contributed by atoms with Crippen LogP contribution in [-0.2, 0) is 0 Å². The van der Waals surface area contributed by atoms with Crippen molar-refractivity contribution in [2.24, 2.45) is 0 Å². The molecule has 4 nitrogen and oxygen atoms in total. The Hall–Kier alpha value is -2.69. The van der Waals surface area contributed by atoms with Gasteiger partial charge in [-0.15, -0.1) is 0 Å². The number of halogens is 1. The van der Waals surface area contributed by atoms with Crippen molar-refractivity contribution in [1.82, 2.24) is 15.2 Å². The second kappa shape index (κ2) is 4.53. The van der Waals surface area contributed by atoms with Gasteiger partial charge >= 0.3 is 0 Å². The molecule has 0 fully saturated rings. The van der Waals surface area contributed by atoms with E-state index in [1.54, 1.807) is 24.7 Å². The molecule has 1 aromatic carbocycles. The normalized spacial score (nSPS) is 10.6. The summed E-state index contributed by atoms with van der Waals surface area (Å²) in [5.74, 6) is -0.350. The number of benzene rings is 1. The number of hydrogen-bond acceptors (Lipinski definition) is 3. The van der Waals surface area contributed by atoms with Crippen molar-refractivity contribution in [2.45, 2.75) is 0 Å². The van der Waals surface area contributed by atoms with Crippen molar-refractivity contribution in [2.75, 3.05) is 5.73 Å². The van der Waals surface area contributed by atoms with Gasteiger partial charge in [-0.2, -0.15) is 5.10 Å². The summed E-state index contributed by atoms with van der Waals surface area (Å²) in [6, 6.07) is 8.14. The molecule has 0 atom stereocenters. The Balaban J connectivity index is 2.18. The van der Waals surface area contributed by atoms with E-state index in [9.17, 15) is 4.39 Å². The molecule has 0 saturated heterocycles. The molecular weight excluding hydrogens is 243 g/mol. The second-order valence-corrected chi connectivity index (χ2v) is 4.12.